The average molecular weight is 680 g/mol. The minimum absolute atomic E-state index is 1.11. The molecule has 0 aliphatic carbocycles. The van der Waals surface area contributed by atoms with Crippen LogP contribution in [-0.2, 0) is 0 Å². The molecule has 0 saturated carbocycles. The first-order chi connectivity index (χ1) is 25.8. The predicted molar refractivity (Wildman–Crippen MR) is 225 cm³/mol. The molecule has 0 spiro atoms. The lowest BCUT2D eigenvalue weighted by atomic mass is 9.96. The van der Waals surface area contributed by atoms with Crippen LogP contribution in [0.5, 0.6) is 0 Å². The van der Waals surface area contributed by atoms with Gasteiger partial charge in [-0.05, 0) is 97.9 Å². The van der Waals surface area contributed by atoms with Crippen molar-refractivity contribution in [2.45, 2.75) is 0 Å². The monoisotopic (exact) mass is 679 g/mol. The molecule has 2 heteroatoms. The van der Waals surface area contributed by atoms with E-state index in [-0.39, 0.29) is 0 Å². The molecule has 0 unspecified atom stereocenters. The number of benzene rings is 9. The normalized spacial score (nSPS) is 11.5. The minimum Gasteiger partial charge on any atom is -0.310 e. The van der Waals surface area contributed by atoms with Crippen molar-refractivity contribution in [1.82, 2.24) is 0 Å². The molecule has 244 valence electrons. The molecule has 1 heterocycles. The van der Waals surface area contributed by atoms with E-state index in [1.165, 1.54) is 75.1 Å². The first-order valence-electron chi connectivity index (χ1n) is 17.8. The fraction of sp³-hybridized carbons (Fsp3) is 0. The summed E-state index contributed by atoms with van der Waals surface area (Å²) in [5.41, 5.74) is 10.6. The summed E-state index contributed by atoms with van der Waals surface area (Å²) in [5, 5.41) is 7.72. The van der Waals surface area contributed by atoms with Gasteiger partial charge in [0.15, 0.2) is 0 Å². The summed E-state index contributed by atoms with van der Waals surface area (Å²) in [7, 11) is 0. The van der Waals surface area contributed by atoms with Gasteiger partial charge in [0.1, 0.15) is 0 Å². The number of hydrogen-bond donors (Lipinski definition) is 0. The Morgan fingerprint density at radius 2 is 0.846 bits per heavy atom. The summed E-state index contributed by atoms with van der Waals surface area (Å²) >= 11 is 1.88. The third-order valence-corrected chi connectivity index (χ3v) is 11.4. The summed E-state index contributed by atoms with van der Waals surface area (Å²) in [5.74, 6) is 0. The second kappa shape index (κ2) is 12.7. The van der Waals surface area contributed by atoms with Crippen LogP contribution in [0.15, 0.2) is 200 Å². The van der Waals surface area contributed by atoms with Gasteiger partial charge in [-0.25, -0.2) is 0 Å². The average Bonchev–Trinajstić information content (AvgIpc) is 3.57. The van der Waals surface area contributed by atoms with Crippen molar-refractivity contribution < 1.29 is 0 Å². The van der Waals surface area contributed by atoms with Crippen molar-refractivity contribution >= 4 is 70.1 Å². The molecule has 0 aliphatic heterocycles. The summed E-state index contributed by atoms with van der Waals surface area (Å²) in [6.45, 7) is 0. The Hall–Kier alpha value is -6.48. The van der Waals surface area contributed by atoms with Gasteiger partial charge in [0.2, 0.25) is 0 Å². The van der Waals surface area contributed by atoms with Crippen LogP contribution < -0.4 is 4.90 Å². The Kier molecular flexibility index (Phi) is 7.41. The first kappa shape index (κ1) is 30.4. The van der Waals surface area contributed by atoms with Crippen molar-refractivity contribution in [3.8, 4) is 33.4 Å². The van der Waals surface area contributed by atoms with Crippen molar-refractivity contribution in [3.63, 3.8) is 0 Å². The van der Waals surface area contributed by atoms with Gasteiger partial charge in [-0.15, -0.1) is 11.3 Å². The number of nitrogens with zero attached hydrogens (tertiary/aromatic N) is 1. The molecule has 1 aromatic heterocycles. The van der Waals surface area contributed by atoms with Gasteiger partial charge in [-0.1, -0.05) is 152 Å². The van der Waals surface area contributed by atoms with Crippen LogP contribution in [-0.4, -0.2) is 0 Å². The molecule has 10 rings (SSSR count). The van der Waals surface area contributed by atoms with Gasteiger partial charge < -0.3 is 4.90 Å². The number of anilines is 3. The maximum Gasteiger partial charge on any atom is 0.0540 e. The highest BCUT2D eigenvalue weighted by molar-refractivity contribution is 7.25. The number of hydrogen-bond acceptors (Lipinski definition) is 2. The third kappa shape index (κ3) is 5.33. The summed E-state index contributed by atoms with van der Waals surface area (Å²) in [6, 6.07) is 72.9. The van der Waals surface area contributed by atoms with E-state index in [9.17, 15) is 0 Å². The van der Waals surface area contributed by atoms with E-state index in [1.54, 1.807) is 0 Å². The van der Waals surface area contributed by atoms with Gasteiger partial charge in [-0.2, -0.15) is 0 Å². The molecular formula is C50H33NS. The van der Waals surface area contributed by atoms with Gasteiger partial charge >= 0.3 is 0 Å². The van der Waals surface area contributed by atoms with Gasteiger partial charge in [0.05, 0.1) is 5.69 Å². The highest BCUT2D eigenvalue weighted by atomic mass is 32.1. The van der Waals surface area contributed by atoms with Crippen LogP contribution in [0, 0.1) is 0 Å². The topological polar surface area (TPSA) is 3.24 Å². The molecular weight excluding hydrogens is 647 g/mol. The maximum absolute atomic E-state index is 2.40. The van der Waals surface area contributed by atoms with E-state index < -0.39 is 0 Å². The highest BCUT2D eigenvalue weighted by Gasteiger charge is 2.19. The van der Waals surface area contributed by atoms with E-state index in [0.29, 0.717) is 0 Å². The molecule has 1 nitrogen and oxygen atoms in total. The lowest BCUT2D eigenvalue weighted by Crippen LogP contribution is -2.11. The second-order valence-electron chi connectivity index (χ2n) is 13.3. The van der Waals surface area contributed by atoms with Crippen molar-refractivity contribution in [3.05, 3.63) is 200 Å². The SMILES string of the molecule is c1ccc(-c2ccc(N(c3ccc(-c4ccc5c(c4)sc4cc6ccccc6cc45)cc3)c3ccccc3-c3cccc4ccccc34)cc2)cc1. The van der Waals surface area contributed by atoms with E-state index in [4.69, 9.17) is 0 Å². The van der Waals surface area contributed by atoms with Gasteiger partial charge in [0, 0.05) is 37.1 Å². The van der Waals surface area contributed by atoms with Gasteiger partial charge in [0.25, 0.3) is 0 Å². The quantitative estimate of drug-likeness (QED) is 0.169. The first-order valence-corrected chi connectivity index (χ1v) is 18.6. The van der Waals surface area contributed by atoms with E-state index in [1.807, 2.05) is 11.3 Å². The molecule has 52 heavy (non-hydrogen) atoms. The van der Waals surface area contributed by atoms with Crippen molar-refractivity contribution in [2.24, 2.45) is 0 Å². The van der Waals surface area contributed by atoms with Crippen molar-refractivity contribution in [1.29, 1.82) is 0 Å². The molecule has 0 atom stereocenters. The smallest absolute Gasteiger partial charge is 0.0540 e. The zero-order valence-corrected chi connectivity index (χ0v) is 29.2. The Morgan fingerprint density at radius 3 is 1.62 bits per heavy atom. The molecule has 0 radical (unpaired) electrons. The molecule has 0 N–H and O–H groups in total. The fourth-order valence-corrected chi connectivity index (χ4v) is 8.84. The van der Waals surface area contributed by atoms with Crippen LogP contribution in [0.3, 0.4) is 0 Å². The van der Waals surface area contributed by atoms with Crippen LogP contribution >= 0.6 is 11.3 Å². The predicted octanol–water partition coefficient (Wildman–Crippen LogP) is 14.8. The summed E-state index contributed by atoms with van der Waals surface area (Å²) in [4.78, 5) is 2.40. The van der Waals surface area contributed by atoms with Crippen LogP contribution in [0.4, 0.5) is 17.1 Å². The van der Waals surface area contributed by atoms with Crippen molar-refractivity contribution in [2.75, 3.05) is 4.90 Å². The lowest BCUT2D eigenvalue weighted by Gasteiger charge is -2.28. The standard InChI is InChI=1S/C50H33NS/c1-2-11-34(12-3-1)35-21-26-41(27-22-35)51(48-20-9-8-18-45(48)44-19-10-16-37-13-6-7-17-43(37)44)42-28-23-36(24-29-42)40-25-30-46-47-31-38-14-4-5-15-39(38)32-50(47)52-49(46)33-40/h1-33H. The highest BCUT2D eigenvalue weighted by Crippen LogP contribution is 2.44. The van der Waals surface area contributed by atoms with E-state index in [0.717, 1.165) is 17.1 Å². The fourth-order valence-electron chi connectivity index (χ4n) is 7.66. The number of fused-ring (bicyclic) bond motifs is 5. The number of rotatable bonds is 6. The molecule has 0 aliphatic rings. The van der Waals surface area contributed by atoms with E-state index >= 15 is 0 Å². The van der Waals surface area contributed by atoms with Crippen LogP contribution in [0.25, 0.3) is 75.1 Å². The molecule has 0 amide bonds. The Balaban J connectivity index is 1.08. The van der Waals surface area contributed by atoms with E-state index in [2.05, 4.69) is 205 Å². The molecule has 10 aromatic rings. The molecule has 9 aromatic carbocycles. The Morgan fingerprint density at radius 1 is 0.308 bits per heavy atom. The molecule has 0 fully saturated rings. The Labute approximate surface area is 307 Å². The molecule has 0 bridgehead atoms. The molecule has 0 saturated heterocycles. The number of para-hydroxylation sites is 1. The number of thiophene rings is 1. The zero-order chi connectivity index (χ0) is 34.4. The summed E-state index contributed by atoms with van der Waals surface area (Å²) < 4.78 is 2.65. The van der Waals surface area contributed by atoms with Crippen LogP contribution in [0.1, 0.15) is 0 Å². The van der Waals surface area contributed by atoms with Crippen LogP contribution in [0.2, 0.25) is 0 Å². The second-order valence-corrected chi connectivity index (χ2v) is 14.4. The largest absolute Gasteiger partial charge is 0.310 e. The zero-order valence-electron chi connectivity index (χ0n) is 28.4. The third-order valence-electron chi connectivity index (χ3n) is 10.3. The lowest BCUT2D eigenvalue weighted by molar-refractivity contribution is 1.28. The summed E-state index contributed by atoms with van der Waals surface area (Å²) in [6.07, 6.45) is 0. The maximum atomic E-state index is 2.40. The van der Waals surface area contributed by atoms with Gasteiger partial charge in [-0.3, -0.25) is 0 Å². The Bertz CT molecular complexity index is 2880. The minimum atomic E-state index is 1.11.